The number of nitro groups is 1. The smallest absolute Gasteiger partial charge is 0.479 e. The highest BCUT2D eigenvalue weighted by molar-refractivity contribution is 5.93. The number of anilines is 1. The molecule has 3 N–H and O–H groups in total. The zero-order valence-electron chi connectivity index (χ0n) is 35.7. The molecule has 4 aromatic carbocycles. The van der Waals surface area contributed by atoms with Crippen molar-refractivity contribution >= 4 is 53.4 Å². The fraction of sp³-hybridized carbons (Fsp3) is 0.311. The lowest BCUT2D eigenvalue weighted by Crippen LogP contribution is -2.69. The normalized spacial score (nSPS) is 19.4. The van der Waals surface area contributed by atoms with Crippen LogP contribution in [0, 0.1) is 10.1 Å². The molecule has 1 aliphatic carbocycles. The van der Waals surface area contributed by atoms with Crippen LogP contribution in [0.2, 0.25) is 0 Å². The van der Waals surface area contributed by atoms with Gasteiger partial charge in [0.25, 0.3) is 5.69 Å². The number of ether oxygens (including phenoxy) is 8. The van der Waals surface area contributed by atoms with Gasteiger partial charge in [0.2, 0.25) is 23.9 Å². The number of esters is 3. The van der Waals surface area contributed by atoms with Gasteiger partial charge in [-0.2, -0.15) is 0 Å². The summed E-state index contributed by atoms with van der Waals surface area (Å²) in [5, 5.41) is 26.5. The van der Waals surface area contributed by atoms with E-state index in [9.17, 15) is 48.8 Å². The number of fused-ring (bicyclic) bond motifs is 3. The van der Waals surface area contributed by atoms with Crippen LogP contribution in [-0.4, -0.2) is 95.4 Å². The number of nitrogens with zero attached hydrogens (tertiary/aromatic N) is 1. The van der Waals surface area contributed by atoms with E-state index in [-0.39, 0.29) is 53.9 Å². The van der Waals surface area contributed by atoms with Crippen LogP contribution in [0.15, 0.2) is 91.0 Å². The summed E-state index contributed by atoms with van der Waals surface area (Å²) in [5.41, 5.74) is 1.46. The van der Waals surface area contributed by atoms with Gasteiger partial charge in [0.1, 0.15) is 24.7 Å². The number of carbonyl (C=O) groups is 7. The molecule has 21 nitrogen and oxygen atoms in total. The predicted molar refractivity (Wildman–Crippen MR) is 225 cm³/mol. The maximum absolute atomic E-state index is 13.5. The maximum Gasteiger partial charge on any atom is 0.514 e. The molecule has 0 aromatic heterocycles. The van der Waals surface area contributed by atoms with Gasteiger partial charge in [-0.05, 0) is 59.0 Å². The number of rotatable bonds is 16. The Morgan fingerprint density at radius 2 is 1.39 bits per heavy atom. The summed E-state index contributed by atoms with van der Waals surface area (Å²) in [7, 11) is 0. The minimum absolute atomic E-state index is 0.0292. The number of aliphatic carboxylic acids is 1. The van der Waals surface area contributed by atoms with Crippen molar-refractivity contribution in [3.63, 3.8) is 0 Å². The summed E-state index contributed by atoms with van der Waals surface area (Å²) in [4.78, 5) is 98.8. The van der Waals surface area contributed by atoms with Crippen LogP contribution in [0.1, 0.15) is 56.7 Å². The van der Waals surface area contributed by atoms with Crippen LogP contribution in [0.4, 0.5) is 21.0 Å². The van der Waals surface area contributed by atoms with E-state index in [0.717, 1.165) is 62.1 Å². The molecule has 1 aliphatic heterocycles. The first-order valence-corrected chi connectivity index (χ1v) is 20.1. The van der Waals surface area contributed by atoms with Gasteiger partial charge >= 0.3 is 36.1 Å². The number of nitrogens with one attached hydrogen (secondary N) is 2. The molecule has 0 unspecified atom stereocenters. The fourth-order valence-corrected chi connectivity index (χ4v) is 7.31. The molecular formula is C45H43N3O18. The second kappa shape index (κ2) is 20.6. The van der Waals surface area contributed by atoms with Crippen LogP contribution in [0.3, 0.4) is 0 Å². The molecular weight excluding hydrogens is 870 g/mol. The molecule has 2 aliphatic rings. The van der Waals surface area contributed by atoms with Crippen molar-refractivity contribution in [3.05, 3.63) is 118 Å². The topological polar surface area (TPSA) is 281 Å². The average molecular weight is 914 g/mol. The third-order valence-corrected chi connectivity index (χ3v) is 10.2. The first-order chi connectivity index (χ1) is 31.4. The molecule has 6 rings (SSSR count). The number of hydrogen-bond acceptors (Lipinski definition) is 17. The number of alkyl carbamates (subject to hydrolysis) is 1. The Morgan fingerprint density at radius 1 is 0.788 bits per heavy atom. The van der Waals surface area contributed by atoms with Crippen LogP contribution < -0.4 is 20.1 Å². The van der Waals surface area contributed by atoms with Gasteiger partial charge in [-0.15, -0.1) is 0 Å². The third-order valence-electron chi connectivity index (χ3n) is 10.2. The molecule has 0 saturated carbocycles. The van der Waals surface area contributed by atoms with Crippen molar-refractivity contribution in [2.24, 2.45) is 0 Å². The molecule has 0 radical (unpaired) electrons. The largest absolute Gasteiger partial charge is 0.514 e. The summed E-state index contributed by atoms with van der Waals surface area (Å²) < 4.78 is 43.9. The van der Waals surface area contributed by atoms with Gasteiger partial charge in [0.05, 0.1) is 10.6 Å². The van der Waals surface area contributed by atoms with E-state index >= 15 is 0 Å². The van der Waals surface area contributed by atoms with E-state index in [1.54, 1.807) is 0 Å². The second-order valence-electron chi connectivity index (χ2n) is 15.0. The SMILES string of the molecule is CC(=O)O[C@@H]1[C@@H](OC(C)=O)[C@@H](Oc2ccc(COC(=O)Oc3ccc([N+](=O)[O-])cc3)cc2NC(=O)CCNC(=O)OCC2c3ccccc3-c3ccccc32)O[C@](C)(C(=O)O)[C@H]1OC(C)=O. The summed E-state index contributed by atoms with van der Waals surface area (Å²) in [6, 6.07) is 24.2. The molecule has 2 amide bonds. The molecule has 1 heterocycles. The Labute approximate surface area is 375 Å². The summed E-state index contributed by atoms with van der Waals surface area (Å²) >= 11 is 0. The van der Waals surface area contributed by atoms with Gasteiger partial charge in [-0.25, -0.2) is 14.4 Å². The number of benzene rings is 4. The lowest BCUT2D eigenvalue weighted by Gasteiger charge is -2.47. The molecule has 5 atom stereocenters. The van der Waals surface area contributed by atoms with Gasteiger partial charge in [0.15, 0.2) is 12.2 Å². The van der Waals surface area contributed by atoms with Crippen LogP contribution in [-0.2, 0) is 59.0 Å². The summed E-state index contributed by atoms with van der Waals surface area (Å²) in [6.07, 6.45) is -9.66. The van der Waals surface area contributed by atoms with E-state index in [4.69, 9.17) is 37.9 Å². The predicted octanol–water partition coefficient (Wildman–Crippen LogP) is 5.55. The summed E-state index contributed by atoms with van der Waals surface area (Å²) in [6.45, 7) is 3.33. The number of non-ortho nitro benzene ring substituents is 1. The highest BCUT2D eigenvalue weighted by Crippen LogP contribution is 2.44. The zero-order valence-corrected chi connectivity index (χ0v) is 35.7. The number of hydrogen-bond donors (Lipinski definition) is 3. The van der Waals surface area contributed by atoms with Crippen LogP contribution >= 0.6 is 0 Å². The molecule has 21 heteroatoms. The Morgan fingerprint density at radius 3 is 1.98 bits per heavy atom. The molecule has 4 aromatic rings. The molecule has 1 fully saturated rings. The monoisotopic (exact) mass is 913 g/mol. The Balaban J connectivity index is 1.19. The zero-order chi connectivity index (χ0) is 47.7. The quantitative estimate of drug-likeness (QED) is 0.0408. The number of carboxylic acids is 1. The van der Waals surface area contributed by atoms with E-state index in [1.165, 1.54) is 30.3 Å². The number of amides is 2. The van der Waals surface area contributed by atoms with Crippen molar-refractivity contribution in [1.82, 2.24) is 5.32 Å². The van der Waals surface area contributed by atoms with Crippen LogP contribution in [0.5, 0.6) is 11.5 Å². The van der Waals surface area contributed by atoms with Gasteiger partial charge in [-0.3, -0.25) is 29.3 Å². The van der Waals surface area contributed by atoms with Crippen molar-refractivity contribution in [3.8, 4) is 22.6 Å². The lowest BCUT2D eigenvalue weighted by molar-refractivity contribution is -0.384. The van der Waals surface area contributed by atoms with Crippen molar-refractivity contribution < 1.29 is 81.5 Å². The Hall–Kier alpha value is -8.07. The highest BCUT2D eigenvalue weighted by atomic mass is 16.7. The van der Waals surface area contributed by atoms with E-state index in [0.29, 0.717) is 0 Å². The van der Waals surface area contributed by atoms with E-state index in [1.807, 2.05) is 48.5 Å². The number of carboxylic acid groups (broad SMARTS) is 1. The highest BCUT2D eigenvalue weighted by Gasteiger charge is 2.62. The van der Waals surface area contributed by atoms with Gasteiger partial charge in [-0.1, -0.05) is 54.6 Å². The molecule has 0 bridgehead atoms. The molecule has 0 spiro atoms. The van der Waals surface area contributed by atoms with Crippen molar-refractivity contribution in [2.75, 3.05) is 18.5 Å². The van der Waals surface area contributed by atoms with Gasteiger partial charge in [0, 0.05) is 51.8 Å². The molecule has 1 saturated heterocycles. The standard InChI is InChI=1S/C45H43N3O18/c1-24(49)61-38-39(62-25(2)50)41(66-45(4,42(53)54)40(38)63-26(3)51)65-36-18-13-27(22-60-44(56)64-29-16-14-28(15-17-29)48(57)58)21-35(36)47-37(52)19-20-46-43(55)59-23-34-32-11-7-5-9-30(32)31-10-6-8-12-33(31)34/h5-18,21,34,38-41H,19-20,22-23H2,1-4H3,(H,46,55)(H,47,52)(H,53,54)/t38-,39-,40+,41+,45+/m1/s1. The number of carbonyl (C=O) groups excluding carboxylic acids is 6. The van der Waals surface area contributed by atoms with Crippen LogP contribution in [0.25, 0.3) is 11.1 Å². The van der Waals surface area contributed by atoms with E-state index < -0.39 is 83.8 Å². The minimum atomic E-state index is -2.49. The minimum Gasteiger partial charge on any atom is -0.479 e. The van der Waals surface area contributed by atoms with Crippen molar-refractivity contribution in [1.29, 1.82) is 0 Å². The fourth-order valence-electron chi connectivity index (χ4n) is 7.31. The Bertz CT molecular complexity index is 2480. The maximum atomic E-state index is 13.5. The van der Waals surface area contributed by atoms with Crippen molar-refractivity contribution in [2.45, 2.75) is 76.8 Å². The number of nitro benzene ring substituents is 1. The average Bonchev–Trinajstić information content (AvgIpc) is 3.58. The molecule has 346 valence electrons. The Kier molecular flexibility index (Phi) is 14.8. The lowest BCUT2D eigenvalue weighted by atomic mass is 9.87. The first-order valence-electron chi connectivity index (χ1n) is 20.1. The second-order valence-corrected chi connectivity index (χ2v) is 15.0. The summed E-state index contributed by atoms with van der Waals surface area (Å²) in [5.74, 6) is -5.80. The molecule has 66 heavy (non-hydrogen) atoms. The first kappa shape index (κ1) is 47.4. The van der Waals surface area contributed by atoms with Gasteiger partial charge < -0.3 is 53.6 Å². The third kappa shape index (κ3) is 11.4. The van der Waals surface area contributed by atoms with E-state index in [2.05, 4.69) is 10.6 Å².